The van der Waals surface area contributed by atoms with Crippen molar-refractivity contribution in [1.29, 1.82) is 0 Å². The molecule has 0 spiro atoms. The van der Waals surface area contributed by atoms with Crippen molar-refractivity contribution in [2.24, 2.45) is 0 Å². The van der Waals surface area contributed by atoms with E-state index in [1.165, 1.54) is 83.2 Å². The number of aliphatic hydroxyl groups excluding tert-OH is 1. The van der Waals surface area contributed by atoms with Crippen LogP contribution < -0.4 is 10.8 Å². The maximum Gasteiger partial charge on any atom is 0.407 e. The van der Waals surface area contributed by atoms with Crippen LogP contribution in [0.5, 0.6) is 0 Å². The van der Waals surface area contributed by atoms with Crippen molar-refractivity contribution in [3.05, 3.63) is 48.3 Å². The van der Waals surface area contributed by atoms with E-state index < -0.39 is 56.2 Å². The highest BCUT2D eigenvalue weighted by molar-refractivity contribution is 7.51. The number of unbranched alkanes of at least 4 members (excludes halogenated alkanes) is 14. The van der Waals surface area contributed by atoms with E-state index in [4.69, 9.17) is 29.0 Å². The summed E-state index contributed by atoms with van der Waals surface area (Å²) in [5.41, 5.74) is 5.16. The fourth-order valence-corrected chi connectivity index (χ4v) is 8.27. The van der Waals surface area contributed by atoms with Gasteiger partial charge in [0, 0.05) is 7.11 Å². The second-order valence-electron chi connectivity index (χ2n) is 15.7. The number of benzene rings is 1. The van der Waals surface area contributed by atoms with Crippen LogP contribution in [0.15, 0.2) is 36.7 Å². The van der Waals surface area contributed by atoms with Gasteiger partial charge in [-0.3, -0.25) is 13.8 Å². The molecule has 2 aromatic heterocycles. The first-order chi connectivity index (χ1) is 28.8. The van der Waals surface area contributed by atoms with Gasteiger partial charge in [-0.25, -0.2) is 19.4 Å². The molecule has 5 atom stereocenters. The summed E-state index contributed by atoms with van der Waals surface area (Å²) in [6.07, 6.45) is 14.7. The number of fused-ring (bicyclic) bond motifs is 1. The maximum atomic E-state index is 14.8. The minimum absolute atomic E-state index is 0.0441. The predicted octanol–water partition coefficient (Wildman–Crippen LogP) is 8.41. The van der Waals surface area contributed by atoms with E-state index >= 15 is 0 Å². The highest BCUT2D eigenvalue weighted by Gasteiger charge is 2.42. The Bertz CT molecular complexity index is 1740. The van der Waals surface area contributed by atoms with Gasteiger partial charge in [0.1, 0.15) is 23.3 Å². The predicted molar refractivity (Wildman–Crippen MR) is 229 cm³/mol. The number of halogens is 1. The number of carbonyl (C=O) groups excluding carboxylic acids is 2. The van der Waals surface area contributed by atoms with Crippen LogP contribution in [0.3, 0.4) is 0 Å². The molecule has 60 heavy (non-hydrogen) atoms. The summed E-state index contributed by atoms with van der Waals surface area (Å²) in [4.78, 5) is 38.3. The highest BCUT2D eigenvalue weighted by atomic mass is 31.2. The number of esters is 2. The van der Waals surface area contributed by atoms with Crippen LogP contribution in [0.4, 0.5) is 10.2 Å². The molecule has 3 rings (SSSR count). The number of anilines is 1. The van der Waals surface area contributed by atoms with Crippen LogP contribution in [0.2, 0.25) is 0 Å². The summed E-state index contributed by atoms with van der Waals surface area (Å²) in [7, 11) is -3.30. The molecular formula is C43H70FN6O9P. The maximum absolute atomic E-state index is 14.8. The van der Waals surface area contributed by atoms with Gasteiger partial charge >= 0.3 is 25.8 Å². The van der Waals surface area contributed by atoms with Gasteiger partial charge in [0.15, 0.2) is 17.6 Å². The third-order valence-corrected chi connectivity index (χ3v) is 12.2. The normalized spacial score (nSPS) is 15.2. The smallest absolute Gasteiger partial charge is 0.407 e. The molecular weight excluding hydrogens is 794 g/mol. The molecule has 1 unspecified atom stereocenters. The molecule has 0 fully saturated rings. The first-order valence-corrected chi connectivity index (χ1v) is 23.3. The summed E-state index contributed by atoms with van der Waals surface area (Å²) >= 11 is 0. The van der Waals surface area contributed by atoms with Crippen molar-refractivity contribution < 1.29 is 46.9 Å². The number of methoxy groups -OCH3 is 1. The zero-order chi connectivity index (χ0) is 43.8. The lowest BCUT2D eigenvalue weighted by Crippen LogP contribution is -2.48. The number of nitrogens with zero attached hydrogens (tertiary/aromatic N) is 4. The Morgan fingerprint density at radius 1 is 0.883 bits per heavy atom. The molecule has 17 heteroatoms. The number of hydrogen-bond donors (Lipinski definition) is 3. The monoisotopic (exact) mass is 864 g/mol. The third kappa shape index (κ3) is 17.8. The second-order valence-corrected chi connectivity index (χ2v) is 17.4. The van der Waals surface area contributed by atoms with E-state index in [2.05, 4.69) is 33.9 Å². The SMILES string of the molecule is CCCCCCCCCCOC(=O)[C@H](Cc1ccccc1)NP(=O)(OC[C@@](C)(OC)[C@@H](O)Cn1cnc2c(N)nc(F)nc21)O[C@@H](C)C(=O)OCCCCCCCCCC. The second kappa shape index (κ2) is 27.4. The standard InChI is InChI=1S/C43H70FN6O9P/c1-6-8-10-12-14-16-18-23-27-56-40(52)33(3)59-60(54,58-31-43(4,55-5)36(51)30-50-32-46-37-38(45)47-42(44)48-39(37)50)49-35(29-34-25-21-20-22-26-34)41(53)57-28-24-19-17-15-13-11-9-7-2/h20-22,25-26,32-33,35-36,51H,6-19,23-24,27-31H2,1-5H3,(H,49,54)(H2,45,47,48)/t33-,35-,36-,43+,60?/m0/s1. The molecule has 338 valence electrons. The van der Waals surface area contributed by atoms with Crippen LogP contribution >= 0.6 is 7.75 Å². The first kappa shape index (κ1) is 50.8. The molecule has 4 N–H and O–H groups in total. The van der Waals surface area contributed by atoms with Gasteiger partial charge < -0.3 is 29.6 Å². The molecule has 0 radical (unpaired) electrons. The number of imidazole rings is 1. The van der Waals surface area contributed by atoms with E-state index in [0.29, 0.717) is 12.8 Å². The molecule has 0 saturated heterocycles. The molecule has 0 aliphatic carbocycles. The number of ether oxygens (including phenoxy) is 3. The number of aromatic nitrogens is 4. The number of nitrogen functional groups attached to an aromatic ring is 1. The Morgan fingerprint density at radius 3 is 2.00 bits per heavy atom. The topological polar surface area (TPSA) is 199 Å². The fraction of sp³-hybridized carbons (Fsp3) is 0.698. The van der Waals surface area contributed by atoms with Gasteiger partial charge in [-0.15, -0.1) is 0 Å². The number of rotatable bonds is 33. The average molecular weight is 865 g/mol. The summed E-state index contributed by atoms with van der Waals surface area (Å²) in [5.74, 6) is -1.59. The number of nitrogens with two attached hydrogens (primary N) is 1. The Balaban J connectivity index is 1.77. The number of carbonyl (C=O) groups is 2. The Kier molecular flexibility index (Phi) is 23.2. The van der Waals surface area contributed by atoms with Crippen LogP contribution in [-0.2, 0) is 50.4 Å². The molecule has 0 bridgehead atoms. The molecule has 0 aliphatic heterocycles. The minimum Gasteiger partial charge on any atom is -0.465 e. The molecule has 0 amide bonds. The fourth-order valence-electron chi connectivity index (χ4n) is 6.56. The largest absolute Gasteiger partial charge is 0.465 e. The van der Waals surface area contributed by atoms with Gasteiger partial charge in [-0.1, -0.05) is 134 Å². The van der Waals surface area contributed by atoms with E-state index in [1.807, 2.05) is 30.3 Å². The average Bonchev–Trinajstić information content (AvgIpc) is 3.63. The van der Waals surface area contributed by atoms with Crippen LogP contribution in [0.25, 0.3) is 11.2 Å². The molecule has 15 nitrogen and oxygen atoms in total. The van der Waals surface area contributed by atoms with Gasteiger partial charge in [0.05, 0.1) is 32.7 Å². The number of aliphatic hydroxyl groups is 1. The summed E-state index contributed by atoms with van der Waals surface area (Å²) in [6, 6.07) is 7.90. The van der Waals surface area contributed by atoms with Gasteiger partial charge in [-0.2, -0.15) is 14.4 Å². The van der Waals surface area contributed by atoms with Crippen molar-refractivity contribution >= 4 is 36.7 Å². The summed E-state index contributed by atoms with van der Waals surface area (Å²) < 4.78 is 59.0. The minimum atomic E-state index is -4.62. The molecule has 3 aromatic rings. The zero-order valence-electron chi connectivity index (χ0n) is 36.4. The Hall–Kier alpha value is -3.53. The highest BCUT2D eigenvalue weighted by Crippen LogP contribution is 2.47. The van der Waals surface area contributed by atoms with Crippen LogP contribution in [0, 0.1) is 6.08 Å². The van der Waals surface area contributed by atoms with Crippen molar-refractivity contribution in [1.82, 2.24) is 24.6 Å². The lowest BCUT2D eigenvalue weighted by molar-refractivity contribution is -0.152. The van der Waals surface area contributed by atoms with Crippen molar-refractivity contribution in [3.8, 4) is 0 Å². The van der Waals surface area contributed by atoms with E-state index in [9.17, 15) is 23.7 Å². The first-order valence-electron chi connectivity index (χ1n) is 21.8. The number of hydrogen-bond acceptors (Lipinski definition) is 13. The van der Waals surface area contributed by atoms with Crippen molar-refractivity contribution in [2.75, 3.05) is 32.7 Å². The number of nitrogens with one attached hydrogen (secondary N) is 1. The Morgan fingerprint density at radius 2 is 1.43 bits per heavy atom. The summed E-state index contributed by atoms with van der Waals surface area (Å²) in [6.45, 7) is 6.83. The third-order valence-electron chi connectivity index (χ3n) is 10.5. The van der Waals surface area contributed by atoms with Crippen molar-refractivity contribution in [2.45, 2.75) is 167 Å². The Labute approximate surface area is 355 Å². The van der Waals surface area contributed by atoms with Gasteiger partial charge in [0.25, 0.3) is 0 Å². The van der Waals surface area contributed by atoms with Crippen LogP contribution in [-0.4, -0.2) is 87.3 Å². The van der Waals surface area contributed by atoms with Gasteiger partial charge in [0.2, 0.25) is 0 Å². The van der Waals surface area contributed by atoms with E-state index in [0.717, 1.165) is 44.1 Å². The lowest BCUT2D eigenvalue weighted by Gasteiger charge is -2.35. The quantitative estimate of drug-likeness (QED) is 0.0228. The molecule has 0 saturated carbocycles. The lowest BCUT2D eigenvalue weighted by atomic mass is 10.00. The van der Waals surface area contributed by atoms with E-state index in [-0.39, 0.29) is 43.2 Å². The zero-order valence-corrected chi connectivity index (χ0v) is 37.3. The van der Waals surface area contributed by atoms with Crippen molar-refractivity contribution in [3.63, 3.8) is 0 Å². The van der Waals surface area contributed by atoms with E-state index in [1.54, 1.807) is 0 Å². The molecule has 1 aromatic carbocycles. The molecule has 2 heterocycles. The molecule has 0 aliphatic rings. The van der Waals surface area contributed by atoms with Crippen LogP contribution in [0.1, 0.15) is 136 Å². The van der Waals surface area contributed by atoms with Gasteiger partial charge in [-0.05, 0) is 38.7 Å². The summed E-state index contributed by atoms with van der Waals surface area (Å²) in [5, 5.41) is 14.2.